The molecule has 0 fully saturated rings. The maximum Gasteiger partial charge on any atom is 0.286 e. The predicted molar refractivity (Wildman–Crippen MR) is 87.8 cm³/mol. The molecule has 25 heavy (non-hydrogen) atoms. The van der Waals surface area contributed by atoms with Crippen LogP contribution in [0.4, 0.5) is 5.82 Å². The van der Waals surface area contributed by atoms with E-state index in [-0.39, 0.29) is 36.4 Å². The van der Waals surface area contributed by atoms with Gasteiger partial charge in [-0.2, -0.15) is 0 Å². The van der Waals surface area contributed by atoms with Crippen molar-refractivity contribution in [1.82, 2.24) is 15.4 Å². The Bertz CT molecular complexity index is 723. The van der Waals surface area contributed by atoms with Gasteiger partial charge in [0, 0.05) is 26.1 Å². The second kappa shape index (κ2) is 8.67. The third-order valence-electron chi connectivity index (χ3n) is 3.30. The summed E-state index contributed by atoms with van der Waals surface area (Å²) in [7, 11) is 1.54. The molecule has 0 aliphatic carbocycles. The number of hydrogen-bond donors (Lipinski definition) is 2. The maximum absolute atomic E-state index is 12.0. The molecule has 0 saturated carbocycles. The molecule has 0 atom stereocenters. The van der Waals surface area contributed by atoms with Gasteiger partial charge in [-0.15, -0.1) is 0 Å². The van der Waals surface area contributed by atoms with Crippen LogP contribution in [0.5, 0.6) is 0 Å². The number of rotatable bonds is 8. The van der Waals surface area contributed by atoms with Gasteiger partial charge in [0.05, 0.1) is 12.8 Å². The number of nitrogens with one attached hydrogen (secondary N) is 2. The monoisotopic (exact) mass is 348 g/mol. The Morgan fingerprint density at radius 1 is 1.32 bits per heavy atom. The molecule has 2 aromatic heterocycles. The van der Waals surface area contributed by atoms with Crippen LogP contribution in [0.1, 0.15) is 29.2 Å². The van der Waals surface area contributed by atoms with Gasteiger partial charge in [-0.25, -0.2) is 0 Å². The molecular formula is C16H20N4O5. The molecule has 2 aromatic rings. The van der Waals surface area contributed by atoms with E-state index in [0.29, 0.717) is 24.5 Å². The summed E-state index contributed by atoms with van der Waals surface area (Å²) < 4.78 is 9.81. The lowest BCUT2D eigenvalue weighted by molar-refractivity contribution is -0.133. The summed E-state index contributed by atoms with van der Waals surface area (Å²) in [5.74, 6) is 0.227. The molecule has 9 nitrogen and oxygen atoms in total. The van der Waals surface area contributed by atoms with Crippen LogP contribution in [-0.2, 0) is 9.59 Å². The van der Waals surface area contributed by atoms with Crippen molar-refractivity contribution in [2.45, 2.75) is 19.8 Å². The molecule has 0 aliphatic heterocycles. The first-order valence-electron chi connectivity index (χ1n) is 7.74. The highest BCUT2D eigenvalue weighted by Crippen LogP contribution is 2.07. The first-order chi connectivity index (χ1) is 12.0. The molecule has 9 heteroatoms. The predicted octanol–water partition coefficient (Wildman–Crippen LogP) is 1.18. The summed E-state index contributed by atoms with van der Waals surface area (Å²) in [6.45, 7) is 1.95. The van der Waals surface area contributed by atoms with E-state index >= 15 is 0 Å². The zero-order valence-electron chi connectivity index (χ0n) is 14.1. The minimum Gasteiger partial charge on any atom is -0.459 e. The van der Waals surface area contributed by atoms with Crippen LogP contribution in [0.2, 0.25) is 0 Å². The standard InChI is InChI=1S/C16H20N4O5/c1-11-9-13(19-25-11)18-14(21)10-20(2)15(22)6-3-7-17-16(23)12-5-4-8-24-12/h4-5,8-9H,3,6-7,10H2,1-2H3,(H,17,23)(H,18,19,21). The van der Waals surface area contributed by atoms with Crippen molar-refractivity contribution in [1.29, 1.82) is 0 Å². The zero-order chi connectivity index (χ0) is 18.2. The number of aryl methyl sites for hydroxylation is 1. The molecule has 0 unspecified atom stereocenters. The first-order valence-corrected chi connectivity index (χ1v) is 7.74. The van der Waals surface area contributed by atoms with E-state index in [4.69, 9.17) is 8.94 Å². The third kappa shape index (κ3) is 5.79. The van der Waals surface area contributed by atoms with Crippen molar-refractivity contribution in [3.63, 3.8) is 0 Å². The fourth-order valence-electron chi connectivity index (χ4n) is 2.04. The summed E-state index contributed by atoms with van der Waals surface area (Å²) in [6, 6.07) is 4.77. The lowest BCUT2D eigenvalue weighted by Crippen LogP contribution is -2.35. The van der Waals surface area contributed by atoms with Crippen LogP contribution in [-0.4, -0.2) is 47.9 Å². The minimum absolute atomic E-state index is 0.0938. The largest absolute Gasteiger partial charge is 0.459 e. The first kappa shape index (κ1) is 18.2. The number of aromatic nitrogens is 1. The lowest BCUT2D eigenvalue weighted by Gasteiger charge is -2.16. The van der Waals surface area contributed by atoms with Gasteiger partial charge in [0.15, 0.2) is 11.6 Å². The number of hydrogen-bond acceptors (Lipinski definition) is 6. The SMILES string of the molecule is Cc1cc(NC(=O)CN(C)C(=O)CCCNC(=O)c2ccco2)no1. The van der Waals surface area contributed by atoms with E-state index in [0.717, 1.165) is 0 Å². The molecule has 2 N–H and O–H groups in total. The van der Waals surface area contributed by atoms with Gasteiger partial charge < -0.3 is 24.5 Å². The van der Waals surface area contributed by atoms with E-state index in [9.17, 15) is 14.4 Å². The quantitative estimate of drug-likeness (QED) is 0.692. The van der Waals surface area contributed by atoms with Gasteiger partial charge in [-0.05, 0) is 25.5 Å². The molecular weight excluding hydrogens is 328 g/mol. The molecule has 0 spiro atoms. The van der Waals surface area contributed by atoms with Crippen LogP contribution < -0.4 is 10.6 Å². The molecule has 2 rings (SSSR count). The topological polar surface area (TPSA) is 118 Å². The highest BCUT2D eigenvalue weighted by molar-refractivity contribution is 5.93. The van der Waals surface area contributed by atoms with Crippen LogP contribution in [0, 0.1) is 6.92 Å². The van der Waals surface area contributed by atoms with Gasteiger partial charge in [0.2, 0.25) is 11.8 Å². The average Bonchev–Trinajstić information content (AvgIpc) is 3.22. The van der Waals surface area contributed by atoms with E-state index in [2.05, 4.69) is 15.8 Å². The maximum atomic E-state index is 12.0. The third-order valence-corrected chi connectivity index (χ3v) is 3.30. The molecule has 0 saturated heterocycles. The van der Waals surface area contributed by atoms with E-state index < -0.39 is 0 Å². The van der Waals surface area contributed by atoms with Crippen LogP contribution in [0.3, 0.4) is 0 Å². The van der Waals surface area contributed by atoms with E-state index in [1.165, 1.54) is 18.2 Å². The van der Waals surface area contributed by atoms with Crippen molar-refractivity contribution in [3.05, 3.63) is 36.0 Å². The number of nitrogens with zero attached hydrogens (tertiary/aromatic N) is 2. The Morgan fingerprint density at radius 3 is 2.76 bits per heavy atom. The molecule has 0 aliphatic rings. The Balaban J connectivity index is 1.64. The number of anilines is 1. The van der Waals surface area contributed by atoms with Gasteiger partial charge in [-0.3, -0.25) is 14.4 Å². The number of furan rings is 1. The molecule has 3 amide bonds. The van der Waals surface area contributed by atoms with Gasteiger partial charge in [-0.1, -0.05) is 5.16 Å². The fraction of sp³-hybridized carbons (Fsp3) is 0.375. The second-order valence-corrected chi connectivity index (χ2v) is 5.46. The van der Waals surface area contributed by atoms with Crippen molar-refractivity contribution < 1.29 is 23.3 Å². The minimum atomic E-state index is -0.365. The van der Waals surface area contributed by atoms with Gasteiger partial charge >= 0.3 is 0 Å². The summed E-state index contributed by atoms with van der Waals surface area (Å²) >= 11 is 0. The Labute approximate surface area is 144 Å². The molecule has 134 valence electrons. The zero-order valence-corrected chi connectivity index (χ0v) is 14.1. The fourth-order valence-corrected chi connectivity index (χ4v) is 2.04. The lowest BCUT2D eigenvalue weighted by atomic mass is 10.2. The highest BCUT2D eigenvalue weighted by Gasteiger charge is 2.14. The smallest absolute Gasteiger partial charge is 0.286 e. The Morgan fingerprint density at radius 2 is 2.12 bits per heavy atom. The second-order valence-electron chi connectivity index (χ2n) is 5.46. The van der Waals surface area contributed by atoms with Gasteiger partial charge in [0.25, 0.3) is 5.91 Å². The summed E-state index contributed by atoms with van der Waals surface area (Å²) in [5, 5.41) is 8.84. The number of amides is 3. The van der Waals surface area contributed by atoms with Gasteiger partial charge in [0.1, 0.15) is 5.76 Å². The van der Waals surface area contributed by atoms with Crippen molar-refractivity contribution >= 4 is 23.5 Å². The van der Waals surface area contributed by atoms with Crippen molar-refractivity contribution in [2.75, 3.05) is 25.5 Å². The highest BCUT2D eigenvalue weighted by atomic mass is 16.5. The van der Waals surface area contributed by atoms with E-state index in [1.807, 2.05) is 0 Å². The van der Waals surface area contributed by atoms with Crippen LogP contribution >= 0.6 is 0 Å². The van der Waals surface area contributed by atoms with Crippen LogP contribution in [0.15, 0.2) is 33.4 Å². The number of carbonyl (C=O) groups is 3. The molecule has 2 heterocycles. The van der Waals surface area contributed by atoms with Crippen molar-refractivity contribution in [3.8, 4) is 0 Å². The Hall–Kier alpha value is -3.10. The summed E-state index contributed by atoms with van der Waals surface area (Å²) in [6.07, 6.45) is 2.09. The van der Waals surface area contributed by atoms with Crippen molar-refractivity contribution in [2.24, 2.45) is 0 Å². The Kier molecular flexibility index (Phi) is 6.33. The number of carbonyl (C=O) groups excluding carboxylic acids is 3. The summed E-state index contributed by atoms with van der Waals surface area (Å²) in [5.41, 5.74) is 0. The number of likely N-dealkylation sites (N-methyl/N-ethyl adjacent to an activating group) is 1. The molecule has 0 aromatic carbocycles. The normalized spacial score (nSPS) is 10.3. The average molecular weight is 348 g/mol. The molecule has 0 radical (unpaired) electrons. The summed E-state index contributed by atoms with van der Waals surface area (Å²) in [4.78, 5) is 36.8. The van der Waals surface area contributed by atoms with E-state index in [1.54, 1.807) is 25.1 Å². The molecule has 0 bridgehead atoms. The van der Waals surface area contributed by atoms with Crippen LogP contribution in [0.25, 0.3) is 0 Å².